The van der Waals surface area contributed by atoms with Gasteiger partial charge in [0.1, 0.15) is 6.10 Å². The maximum atomic E-state index is 5.68. The van der Waals surface area contributed by atoms with Crippen LogP contribution in [0.1, 0.15) is 38.6 Å². The Morgan fingerprint density at radius 1 is 1.44 bits per heavy atom. The summed E-state index contributed by atoms with van der Waals surface area (Å²) in [6.07, 6.45) is 1.81. The van der Waals surface area contributed by atoms with Crippen molar-refractivity contribution in [2.75, 3.05) is 12.3 Å². The number of nitrogen functional groups attached to an aromatic ring is 1. The molecule has 0 saturated carbocycles. The fourth-order valence-electron chi connectivity index (χ4n) is 1.68. The van der Waals surface area contributed by atoms with Gasteiger partial charge in [0.05, 0.1) is 9.88 Å². The van der Waals surface area contributed by atoms with Crippen LogP contribution in [-0.4, -0.2) is 16.7 Å². The zero-order valence-corrected chi connectivity index (χ0v) is 11.4. The summed E-state index contributed by atoms with van der Waals surface area (Å²) in [6.45, 7) is 4.71. The van der Waals surface area contributed by atoms with Gasteiger partial charge < -0.3 is 15.0 Å². The van der Waals surface area contributed by atoms with Crippen molar-refractivity contribution in [3.8, 4) is 10.8 Å². The lowest BCUT2D eigenvalue weighted by molar-refractivity contribution is 0.0478. The van der Waals surface area contributed by atoms with Crippen LogP contribution in [0, 0.1) is 0 Å². The van der Waals surface area contributed by atoms with Gasteiger partial charge in [-0.05, 0) is 25.5 Å². The van der Waals surface area contributed by atoms with Crippen molar-refractivity contribution in [3.63, 3.8) is 0 Å². The summed E-state index contributed by atoms with van der Waals surface area (Å²) < 4.78 is 10.9. The third kappa shape index (κ3) is 2.88. The molecule has 18 heavy (non-hydrogen) atoms. The fraction of sp³-hybridized carbons (Fsp3) is 0.500. The summed E-state index contributed by atoms with van der Waals surface area (Å²) >= 11 is 1.43. The van der Waals surface area contributed by atoms with Gasteiger partial charge >= 0.3 is 0 Å². The Morgan fingerprint density at radius 2 is 2.28 bits per heavy atom. The molecule has 0 radical (unpaired) electrons. The average Bonchev–Trinajstić information content (AvgIpc) is 2.97. The van der Waals surface area contributed by atoms with Gasteiger partial charge in [0.15, 0.2) is 0 Å². The summed E-state index contributed by atoms with van der Waals surface area (Å²) in [6, 6.07) is 3.71. The molecule has 2 heterocycles. The first-order valence-corrected chi connectivity index (χ1v) is 6.87. The van der Waals surface area contributed by atoms with Gasteiger partial charge in [-0.3, -0.25) is 0 Å². The maximum absolute atomic E-state index is 5.68. The first-order chi connectivity index (χ1) is 8.74. The van der Waals surface area contributed by atoms with Crippen LogP contribution < -0.4 is 5.73 Å². The summed E-state index contributed by atoms with van der Waals surface area (Å²) in [5.41, 5.74) is 5.68. The molecule has 5 nitrogen and oxygen atoms in total. The maximum Gasteiger partial charge on any atom is 0.268 e. The molecule has 2 N–H and O–H groups in total. The van der Waals surface area contributed by atoms with Crippen LogP contribution in [0.15, 0.2) is 16.7 Å². The van der Waals surface area contributed by atoms with Crippen molar-refractivity contribution in [2.24, 2.45) is 0 Å². The van der Waals surface area contributed by atoms with Crippen LogP contribution in [0.5, 0.6) is 0 Å². The Kier molecular flexibility index (Phi) is 4.33. The van der Waals surface area contributed by atoms with Gasteiger partial charge in [0.25, 0.3) is 5.89 Å². The lowest BCUT2D eigenvalue weighted by Gasteiger charge is -2.10. The van der Waals surface area contributed by atoms with Crippen LogP contribution in [0.25, 0.3) is 10.8 Å². The second kappa shape index (κ2) is 5.97. The summed E-state index contributed by atoms with van der Waals surface area (Å²) in [7, 11) is 0. The van der Waals surface area contributed by atoms with Gasteiger partial charge in [0.2, 0.25) is 5.82 Å². The monoisotopic (exact) mass is 267 g/mol. The third-order valence-electron chi connectivity index (χ3n) is 2.49. The molecule has 0 saturated heterocycles. The molecule has 0 bridgehead atoms. The molecule has 0 fully saturated rings. The second-order valence-electron chi connectivity index (χ2n) is 3.89. The normalized spacial score (nSPS) is 12.8. The number of hydrogen-bond acceptors (Lipinski definition) is 6. The van der Waals surface area contributed by atoms with E-state index in [1.54, 1.807) is 0 Å². The van der Waals surface area contributed by atoms with Crippen molar-refractivity contribution in [1.82, 2.24) is 10.1 Å². The minimum absolute atomic E-state index is 0.0881. The molecular formula is C12H17N3O2S. The number of hydrogen-bond donors (Lipinski definition) is 1. The Labute approximate surface area is 110 Å². The van der Waals surface area contributed by atoms with E-state index in [-0.39, 0.29) is 6.10 Å². The molecule has 98 valence electrons. The molecule has 0 aromatic carbocycles. The molecule has 0 aliphatic rings. The molecule has 1 atom stereocenters. The molecule has 2 aromatic rings. The number of thiophene rings is 1. The average molecular weight is 267 g/mol. The van der Waals surface area contributed by atoms with E-state index < -0.39 is 0 Å². The smallest absolute Gasteiger partial charge is 0.268 e. The lowest BCUT2D eigenvalue weighted by atomic mass is 10.2. The Hall–Kier alpha value is -1.40. The van der Waals surface area contributed by atoms with Crippen molar-refractivity contribution in [3.05, 3.63) is 18.0 Å². The summed E-state index contributed by atoms with van der Waals surface area (Å²) in [5, 5.41) is 4.73. The molecule has 0 amide bonds. The zero-order chi connectivity index (χ0) is 13.0. The SMILES string of the molecule is CCCC(OCC)c1noc(-c2ccc(N)s2)n1. The molecule has 2 aromatic heterocycles. The highest BCUT2D eigenvalue weighted by molar-refractivity contribution is 7.19. The van der Waals surface area contributed by atoms with Crippen molar-refractivity contribution in [1.29, 1.82) is 0 Å². The molecule has 0 aliphatic carbocycles. The highest BCUT2D eigenvalue weighted by Crippen LogP contribution is 2.30. The number of nitrogens with two attached hydrogens (primary N) is 1. The van der Waals surface area contributed by atoms with Crippen LogP contribution in [-0.2, 0) is 4.74 Å². The van der Waals surface area contributed by atoms with Crippen LogP contribution in [0.3, 0.4) is 0 Å². The molecular weight excluding hydrogens is 250 g/mol. The van der Waals surface area contributed by atoms with E-state index >= 15 is 0 Å². The highest BCUT2D eigenvalue weighted by atomic mass is 32.1. The van der Waals surface area contributed by atoms with Crippen LogP contribution in [0.2, 0.25) is 0 Å². The Bertz CT molecular complexity index is 489. The van der Waals surface area contributed by atoms with Gasteiger partial charge in [-0.1, -0.05) is 18.5 Å². The lowest BCUT2D eigenvalue weighted by Crippen LogP contribution is -2.05. The largest absolute Gasteiger partial charge is 0.391 e. The van der Waals surface area contributed by atoms with Gasteiger partial charge in [-0.2, -0.15) is 4.98 Å². The van der Waals surface area contributed by atoms with Crippen molar-refractivity contribution >= 4 is 16.3 Å². The molecule has 6 heteroatoms. The van der Waals surface area contributed by atoms with E-state index in [1.165, 1.54) is 11.3 Å². The molecule has 0 spiro atoms. The van der Waals surface area contributed by atoms with E-state index in [2.05, 4.69) is 17.1 Å². The van der Waals surface area contributed by atoms with E-state index in [0.29, 0.717) is 18.3 Å². The molecule has 2 rings (SSSR count). The minimum atomic E-state index is -0.0881. The van der Waals surface area contributed by atoms with E-state index in [0.717, 1.165) is 22.7 Å². The predicted octanol–water partition coefficient (Wildman–Crippen LogP) is 3.26. The fourth-order valence-corrected chi connectivity index (χ4v) is 2.38. The number of ether oxygens (including phenoxy) is 1. The third-order valence-corrected chi connectivity index (χ3v) is 3.39. The Morgan fingerprint density at radius 3 is 2.89 bits per heavy atom. The molecule has 1 unspecified atom stereocenters. The van der Waals surface area contributed by atoms with Crippen LogP contribution in [0.4, 0.5) is 5.00 Å². The first-order valence-electron chi connectivity index (χ1n) is 6.05. The van der Waals surface area contributed by atoms with Crippen molar-refractivity contribution < 1.29 is 9.26 Å². The van der Waals surface area contributed by atoms with E-state index in [1.807, 2.05) is 19.1 Å². The quantitative estimate of drug-likeness (QED) is 0.869. The number of nitrogens with zero attached hydrogens (tertiary/aromatic N) is 2. The van der Waals surface area contributed by atoms with E-state index in [9.17, 15) is 0 Å². The van der Waals surface area contributed by atoms with Crippen molar-refractivity contribution in [2.45, 2.75) is 32.8 Å². The van der Waals surface area contributed by atoms with Gasteiger partial charge in [-0.15, -0.1) is 11.3 Å². The number of rotatable bonds is 6. The van der Waals surface area contributed by atoms with Gasteiger partial charge in [-0.25, -0.2) is 0 Å². The van der Waals surface area contributed by atoms with Crippen LogP contribution >= 0.6 is 11.3 Å². The molecule has 0 aliphatic heterocycles. The topological polar surface area (TPSA) is 74.2 Å². The highest BCUT2D eigenvalue weighted by Gasteiger charge is 2.19. The number of anilines is 1. The Balaban J connectivity index is 2.18. The summed E-state index contributed by atoms with van der Waals surface area (Å²) in [4.78, 5) is 5.27. The summed E-state index contributed by atoms with van der Waals surface area (Å²) in [5.74, 6) is 1.12. The van der Waals surface area contributed by atoms with E-state index in [4.69, 9.17) is 15.0 Å². The zero-order valence-electron chi connectivity index (χ0n) is 10.5. The number of aromatic nitrogens is 2. The standard InChI is InChI=1S/C12H17N3O2S/c1-3-5-8(16-4-2)11-14-12(17-15-11)9-6-7-10(13)18-9/h6-8H,3-5,13H2,1-2H3. The minimum Gasteiger partial charge on any atom is -0.391 e. The first kappa shape index (κ1) is 13.0. The predicted molar refractivity (Wildman–Crippen MR) is 71.3 cm³/mol. The van der Waals surface area contributed by atoms with Gasteiger partial charge in [0, 0.05) is 6.61 Å². The second-order valence-corrected chi connectivity index (χ2v) is 5.01.